The predicted molar refractivity (Wildman–Crippen MR) is 64.8 cm³/mol. The van der Waals surface area contributed by atoms with Gasteiger partial charge in [0.2, 0.25) is 0 Å². The fourth-order valence-electron chi connectivity index (χ4n) is 1.71. The summed E-state index contributed by atoms with van der Waals surface area (Å²) in [6.07, 6.45) is 6.91. The highest BCUT2D eigenvalue weighted by Crippen LogP contribution is 2.03. The van der Waals surface area contributed by atoms with E-state index in [0.29, 0.717) is 0 Å². The molecule has 1 N–H and O–H groups in total. The highest BCUT2D eigenvalue weighted by atomic mass is 15.1. The molecule has 0 saturated heterocycles. The summed E-state index contributed by atoms with van der Waals surface area (Å²) in [6, 6.07) is 0. The van der Waals surface area contributed by atoms with Crippen LogP contribution in [-0.2, 0) is 0 Å². The molecule has 0 aliphatic carbocycles. The minimum atomic E-state index is 1.18. The number of nitrogens with zero attached hydrogens (tertiary/aromatic N) is 1. The fraction of sp³-hybridized carbons (Fsp3) is 1.00. The Labute approximate surface area is 90.1 Å². The van der Waals surface area contributed by atoms with Gasteiger partial charge in [0.25, 0.3) is 0 Å². The molecule has 0 fully saturated rings. The van der Waals surface area contributed by atoms with Crippen molar-refractivity contribution in [1.82, 2.24) is 10.2 Å². The van der Waals surface area contributed by atoms with Gasteiger partial charge in [0, 0.05) is 0 Å². The molecule has 86 valence electrons. The van der Waals surface area contributed by atoms with Crippen molar-refractivity contribution in [3.05, 3.63) is 0 Å². The van der Waals surface area contributed by atoms with E-state index >= 15 is 0 Å². The Morgan fingerprint density at radius 2 is 1.43 bits per heavy atom. The van der Waals surface area contributed by atoms with E-state index in [-0.39, 0.29) is 0 Å². The van der Waals surface area contributed by atoms with Gasteiger partial charge >= 0.3 is 0 Å². The Bertz CT molecular complexity index is 100. The van der Waals surface area contributed by atoms with Crippen molar-refractivity contribution < 1.29 is 0 Å². The van der Waals surface area contributed by atoms with Crippen molar-refractivity contribution in [1.29, 1.82) is 0 Å². The molecule has 0 amide bonds. The highest BCUT2D eigenvalue weighted by molar-refractivity contribution is 4.53. The third-order valence-electron chi connectivity index (χ3n) is 2.80. The summed E-state index contributed by atoms with van der Waals surface area (Å²) in [6.45, 7) is 9.37. The van der Waals surface area contributed by atoms with Crippen LogP contribution in [0.1, 0.15) is 46.0 Å². The molecule has 0 aromatic heterocycles. The highest BCUT2D eigenvalue weighted by Gasteiger charge is 1.97. The van der Waals surface area contributed by atoms with Gasteiger partial charge in [-0.1, -0.05) is 33.1 Å². The molecule has 0 unspecified atom stereocenters. The monoisotopic (exact) mass is 200 g/mol. The molecule has 0 rings (SSSR count). The second-order valence-corrected chi connectivity index (χ2v) is 3.90. The zero-order valence-electron chi connectivity index (χ0n) is 10.3. The van der Waals surface area contributed by atoms with Crippen molar-refractivity contribution >= 4 is 0 Å². The summed E-state index contributed by atoms with van der Waals surface area (Å²) in [4.78, 5) is 2.51. The number of hydrogen-bond acceptors (Lipinski definition) is 2. The van der Waals surface area contributed by atoms with Gasteiger partial charge in [-0.25, -0.2) is 0 Å². The van der Waals surface area contributed by atoms with Gasteiger partial charge in [-0.15, -0.1) is 0 Å². The Hall–Kier alpha value is -0.0800. The zero-order valence-corrected chi connectivity index (χ0v) is 10.3. The molecule has 0 spiro atoms. The Kier molecular flexibility index (Phi) is 10.9. The second-order valence-electron chi connectivity index (χ2n) is 3.90. The van der Waals surface area contributed by atoms with Crippen molar-refractivity contribution in [2.24, 2.45) is 0 Å². The quantitative estimate of drug-likeness (QED) is 0.545. The third-order valence-corrected chi connectivity index (χ3v) is 2.80. The van der Waals surface area contributed by atoms with E-state index in [1.165, 1.54) is 58.3 Å². The molecule has 2 heteroatoms. The lowest BCUT2D eigenvalue weighted by atomic mass is 10.1. The molecule has 0 radical (unpaired) electrons. The molecule has 0 aliphatic rings. The molecule has 0 bridgehead atoms. The van der Waals surface area contributed by atoms with Gasteiger partial charge in [-0.2, -0.15) is 0 Å². The zero-order chi connectivity index (χ0) is 10.6. The third kappa shape index (κ3) is 8.52. The smallest absolute Gasteiger partial charge is 0.00190 e. The lowest BCUT2D eigenvalue weighted by molar-refractivity contribution is 0.295. The van der Waals surface area contributed by atoms with E-state index in [9.17, 15) is 0 Å². The standard InChI is InChI=1S/C12H28N2/c1-4-14(5-2)12-10-8-6-7-9-11-13-3/h13H,4-12H2,1-3H3. The van der Waals surface area contributed by atoms with E-state index in [1.54, 1.807) is 0 Å². The van der Waals surface area contributed by atoms with E-state index < -0.39 is 0 Å². The number of unbranched alkanes of at least 4 members (excludes halogenated alkanes) is 4. The topological polar surface area (TPSA) is 15.3 Å². The van der Waals surface area contributed by atoms with Crippen LogP contribution in [0.25, 0.3) is 0 Å². The largest absolute Gasteiger partial charge is 0.320 e. The van der Waals surface area contributed by atoms with Crippen LogP contribution >= 0.6 is 0 Å². The minimum Gasteiger partial charge on any atom is -0.320 e. The maximum Gasteiger partial charge on any atom is -0.00190 e. The van der Waals surface area contributed by atoms with Crippen molar-refractivity contribution in [2.45, 2.75) is 46.0 Å². The summed E-state index contributed by atoms with van der Waals surface area (Å²) in [5.74, 6) is 0. The maximum atomic E-state index is 3.19. The van der Waals surface area contributed by atoms with Gasteiger partial charge in [-0.3, -0.25) is 0 Å². The van der Waals surface area contributed by atoms with E-state index in [1.807, 2.05) is 7.05 Å². The van der Waals surface area contributed by atoms with Crippen LogP contribution in [0, 0.1) is 0 Å². The van der Waals surface area contributed by atoms with Crippen molar-refractivity contribution in [2.75, 3.05) is 33.2 Å². The average molecular weight is 200 g/mol. The van der Waals surface area contributed by atoms with Crippen LogP contribution < -0.4 is 5.32 Å². The first-order chi connectivity index (χ1) is 6.85. The molecule has 0 aromatic rings. The predicted octanol–water partition coefficient (Wildman–Crippen LogP) is 2.50. The average Bonchev–Trinajstić information content (AvgIpc) is 2.22. The van der Waals surface area contributed by atoms with Crippen LogP contribution in [0.5, 0.6) is 0 Å². The summed E-state index contributed by atoms with van der Waals surface area (Å²) in [7, 11) is 2.03. The summed E-state index contributed by atoms with van der Waals surface area (Å²) in [5.41, 5.74) is 0. The van der Waals surface area contributed by atoms with Crippen LogP contribution in [0.4, 0.5) is 0 Å². The molecule has 0 atom stereocenters. The van der Waals surface area contributed by atoms with Gasteiger partial charge in [-0.05, 0) is 46.1 Å². The Morgan fingerprint density at radius 3 is 2.00 bits per heavy atom. The van der Waals surface area contributed by atoms with Crippen molar-refractivity contribution in [3.8, 4) is 0 Å². The van der Waals surface area contributed by atoms with Crippen LogP contribution in [-0.4, -0.2) is 38.1 Å². The SMILES string of the molecule is CCN(CC)CCCCCCCNC. The second kappa shape index (κ2) is 11.0. The Morgan fingerprint density at radius 1 is 0.857 bits per heavy atom. The summed E-state index contributed by atoms with van der Waals surface area (Å²) >= 11 is 0. The molecule has 0 aromatic carbocycles. The molecule has 0 saturated carbocycles. The number of hydrogen-bond donors (Lipinski definition) is 1. The van der Waals surface area contributed by atoms with Gasteiger partial charge in [0.1, 0.15) is 0 Å². The van der Waals surface area contributed by atoms with Gasteiger partial charge < -0.3 is 10.2 Å². The molecular weight excluding hydrogens is 172 g/mol. The molecule has 2 nitrogen and oxygen atoms in total. The van der Waals surface area contributed by atoms with Crippen LogP contribution in [0.15, 0.2) is 0 Å². The maximum absolute atomic E-state index is 3.19. The van der Waals surface area contributed by atoms with E-state index in [0.717, 1.165) is 0 Å². The molecule has 0 heterocycles. The minimum absolute atomic E-state index is 1.18. The molecule has 14 heavy (non-hydrogen) atoms. The normalized spacial score (nSPS) is 11.1. The van der Waals surface area contributed by atoms with Gasteiger partial charge in [0.15, 0.2) is 0 Å². The number of nitrogens with one attached hydrogen (secondary N) is 1. The first kappa shape index (κ1) is 13.9. The molecular formula is C12H28N2. The van der Waals surface area contributed by atoms with Gasteiger partial charge in [0.05, 0.1) is 0 Å². The molecule has 0 aliphatic heterocycles. The van der Waals surface area contributed by atoms with Crippen LogP contribution in [0.2, 0.25) is 0 Å². The van der Waals surface area contributed by atoms with E-state index in [4.69, 9.17) is 0 Å². The van der Waals surface area contributed by atoms with E-state index in [2.05, 4.69) is 24.1 Å². The lowest BCUT2D eigenvalue weighted by Crippen LogP contribution is -2.23. The fourth-order valence-corrected chi connectivity index (χ4v) is 1.71. The first-order valence-corrected chi connectivity index (χ1v) is 6.22. The summed E-state index contributed by atoms with van der Waals surface area (Å²) in [5, 5.41) is 3.19. The lowest BCUT2D eigenvalue weighted by Gasteiger charge is -2.17. The summed E-state index contributed by atoms with van der Waals surface area (Å²) < 4.78 is 0. The Balaban J connectivity index is 3.04. The van der Waals surface area contributed by atoms with Crippen LogP contribution in [0.3, 0.4) is 0 Å². The number of rotatable bonds is 10. The van der Waals surface area contributed by atoms with Crippen molar-refractivity contribution in [3.63, 3.8) is 0 Å². The first-order valence-electron chi connectivity index (χ1n) is 6.22.